The third kappa shape index (κ3) is 3.45. The zero-order valence-electron chi connectivity index (χ0n) is 15.6. The van der Waals surface area contributed by atoms with Crippen molar-refractivity contribution in [1.82, 2.24) is 14.3 Å². The summed E-state index contributed by atoms with van der Waals surface area (Å²) >= 11 is 6.62. The SMILES string of the molecule is CN(C)c1nc2ccccn2c(=O)c1C=C1SC(=S)N(CC2CCCO2)C1=O. The number of amides is 1. The molecule has 2 aromatic rings. The maximum absolute atomic E-state index is 13.1. The van der Waals surface area contributed by atoms with Gasteiger partial charge in [0, 0.05) is 26.9 Å². The summed E-state index contributed by atoms with van der Waals surface area (Å²) in [7, 11) is 3.64. The fourth-order valence-corrected chi connectivity index (χ4v) is 4.60. The molecule has 9 heteroatoms. The number of thiocarbonyl (C=S) groups is 1. The number of aromatic nitrogens is 2. The Balaban J connectivity index is 1.74. The number of pyridine rings is 1. The molecule has 146 valence electrons. The topological polar surface area (TPSA) is 67.2 Å². The predicted molar refractivity (Wildman–Crippen MR) is 115 cm³/mol. The highest BCUT2D eigenvalue weighted by atomic mass is 32.2. The van der Waals surface area contributed by atoms with E-state index < -0.39 is 0 Å². The molecule has 2 saturated heterocycles. The van der Waals surface area contributed by atoms with Gasteiger partial charge in [0.2, 0.25) is 0 Å². The Morgan fingerprint density at radius 1 is 1.39 bits per heavy atom. The van der Waals surface area contributed by atoms with E-state index in [0.717, 1.165) is 19.4 Å². The highest BCUT2D eigenvalue weighted by Gasteiger charge is 2.35. The maximum atomic E-state index is 13.1. The van der Waals surface area contributed by atoms with Crippen molar-refractivity contribution in [1.29, 1.82) is 0 Å². The van der Waals surface area contributed by atoms with Gasteiger partial charge in [0.05, 0.1) is 23.1 Å². The largest absolute Gasteiger partial charge is 0.376 e. The second-order valence-corrected chi connectivity index (χ2v) is 8.58. The van der Waals surface area contributed by atoms with Gasteiger partial charge in [0.15, 0.2) is 0 Å². The van der Waals surface area contributed by atoms with E-state index >= 15 is 0 Å². The maximum Gasteiger partial charge on any atom is 0.267 e. The molecule has 0 aromatic carbocycles. The van der Waals surface area contributed by atoms with Crippen LogP contribution in [-0.4, -0.2) is 57.9 Å². The second-order valence-electron chi connectivity index (χ2n) is 6.90. The summed E-state index contributed by atoms with van der Waals surface area (Å²) in [6.45, 7) is 1.18. The lowest BCUT2D eigenvalue weighted by molar-refractivity contribution is -0.123. The van der Waals surface area contributed by atoms with Gasteiger partial charge < -0.3 is 9.64 Å². The Kier molecular flexibility index (Phi) is 5.22. The first-order valence-electron chi connectivity index (χ1n) is 9.01. The number of thioether (sulfide) groups is 1. The van der Waals surface area contributed by atoms with E-state index in [4.69, 9.17) is 17.0 Å². The van der Waals surface area contributed by atoms with Gasteiger partial charge in [-0.3, -0.25) is 18.9 Å². The van der Waals surface area contributed by atoms with E-state index in [0.29, 0.717) is 32.8 Å². The number of anilines is 1. The molecule has 2 fully saturated rings. The summed E-state index contributed by atoms with van der Waals surface area (Å²) in [5.41, 5.74) is 0.698. The van der Waals surface area contributed by atoms with Crippen LogP contribution in [0.25, 0.3) is 11.7 Å². The average molecular weight is 417 g/mol. The van der Waals surface area contributed by atoms with Gasteiger partial charge in [-0.25, -0.2) is 4.98 Å². The van der Waals surface area contributed by atoms with Crippen molar-refractivity contribution in [2.75, 3.05) is 32.1 Å². The Labute approximate surface area is 172 Å². The zero-order chi connectivity index (χ0) is 19.8. The number of carbonyl (C=O) groups excluding carboxylic acids is 1. The van der Waals surface area contributed by atoms with Crippen LogP contribution < -0.4 is 10.5 Å². The molecule has 4 heterocycles. The molecule has 7 nitrogen and oxygen atoms in total. The predicted octanol–water partition coefficient (Wildman–Crippen LogP) is 2.14. The highest BCUT2D eigenvalue weighted by molar-refractivity contribution is 8.26. The lowest BCUT2D eigenvalue weighted by atomic mass is 10.2. The molecular formula is C19H20N4O3S2. The van der Waals surface area contributed by atoms with Gasteiger partial charge in [-0.05, 0) is 31.1 Å². The average Bonchev–Trinajstić information content (AvgIpc) is 3.28. The number of carbonyl (C=O) groups is 1. The molecule has 2 aliphatic heterocycles. The number of hydrogen-bond donors (Lipinski definition) is 0. The van der Waals surface area contributed by atoms with Crippen LogP contribution in [0.4, 0.5) is 5.82 Å². The fraction of sp³-hybridized carbons (Fsp3) is 0.368. The molecule has 1 amide bonds. The Morgan fingerprint density at radius 3 is 2.93 bits per heavy atom. The Bertz CT molecular complexity index is 1040. The summed E-state index contributed by atoms with van der Waals surface area (Å²) in [6, 6.07) is 5.38. The minimum atomic E-state index is -0.223. The van der Waals surface area contributed by atoms with E-state index in [-0.39, 0.29) is 17.6 Å². The molecule has 1 unspecified atom stereocenters. The fourth-order valence-electron chi connectivity index (χ4n) is 3.34. The van der Waals surface area contributed by atoms with E-state index in [2.05, 4.69) is 4.98 Å². The molecule has 0 saturated carbocycles. The van der Waals surface area contributed by atoms with Gasteiger partial charge in [0.25, 0.3) is 11.5 Å². The summed E-state index contributed by atoms with van der Waals surface area (Å²) < 4.78 is 7.60. The van der Waals surface area contributed by atoms with Crippen LogP contribution in [0.1, 0.15) is 18.4 Å². The van der Waals surface area contributed by atoms with Gasteiger partial charge >= 0.3 is 0 Å². The van der Waals surface area contributed by atoms with Crippen molar-refractivity contribution < 1.29 is 9.53 Å². The van der Waals surface area contributed by atoms with Crippen LogP contribution in [-0.2, 0) is 9.53 Å². The molecule has 0 aliphatic carbocycles. The number of rotatable bonds is 4. The molecule has 0 N–H and O–H groups in total. The lowest BCUT2D eigenvalue weighted by Gasteiger charge is -2.18. The van der Waals surface area contributed by atoms with Gasteiger partial charge in [-0.1, -0.05) is 30.0 Å². The third-order valence-electron chi connectivity index (χ3n) is 4.73. The van der Waals surface area contributed by atoms with Crippen molar-refractivity contribution in [2.45, 2.75) is 18.9 Å². The van der Waals surface area contributed by atoms with Gasteiger partial charge in [0.1, 0.15) is 15.8 Å². The number of nitrogens with zero attached hydrogens (tertiary/aromatic N) is 4. The Morgan fingerprint density at radius 2 is 2.21 bits per heavy atom. The minimum absolute atomic E-state index is 0.0205. The lowest BCUT2D eigenvalue weighted by Crippen LogP contribution is -2.35. The monoisotopic (exact) mass is 416 g/mol. The first kappa shape index (κ1) is 19.1. The normalized spacial score (nSPS) is 21.3. The van der Waals surface area contributed by atoms with E-state index in [1.165, 1.54) is 16.2 Å². The zero-order valence-corrected chi connectivity index (χ0v) is 17.3. The summed E-state index contributed by atoms with van der Waals surface area (Å²) in [5, 5.41) is 0. The molecule has 0 radical (unpaired) electrons. The van der Waals surface area contributed by atoms with E-state index in [1.54, 1.807) is 34.2 Å². The summed E-state index contributed by atoms with van der Waals surface area (Å²) in [6.07, 6.45) is 5.23. The number of fused-ring (bicyclic) bond motifs is 1. The quantitative estimate of drug-likeness (QED) is 0.559. The van der Waals surface area contributed by atoms with Crippen molar-refractivity contribution in [3.63, 3.8) is 0 Å². The number of hydrogen-bond acceptors (Lipinski definition) is 7. The first-order valence-corrected chi connectivity index (χ1v) is 10.2. The Hall–Kier alpha value is -2.23. The second kappa shape index (κ2) is 7.65. The molecule has 0 bridgehead atoms. The van der Waals surface area contributed by atoms with Crippen molar-refractivity contribution >= 4 is 51.7 Å². The number of ether oxygens (including phenoxy) is 1. The van der Waals surface area contributed by atoms with Crippen LogP contribution in [0.5, 0.6) is 0 Å². The first-order chi connectivity index (χ1) is 13.5. The van der Waals surface area contributed by atoms with E-state index in [1.807, 2.05) is 20.2 Å². The minimum Gasteiger partial charge on any atom is -0.376 e. The summed E-state index contributed by atoms with van der Waals surface area (Å²) in [4.78, 5) is 34.3. The van der Waals surface area contributed by atoms with Crippen LogP contribution in [0, 0.1) is 0 Å². The molecule has 4 rings (SSSR count). The molecule has 2 aromatic heterocycles. The molecule has 0 spiro atoms. The standard InChI is InChI=1S/C19H20N4O3S2/c1-21(2)16-13(17(24)22-8-4-3-7-15(22)20-16)10-14-18(25)23(19(27)28-14)11-12-6-5-9-26-12/h3-4,7-8,10,12H,5-6,9,11H2,1-2H3. The van der Waals surface area contributed by atoms with Gasteiger partial charge in [-0.15, -0.1) is 0 Å². The van der Waals surface area contributed by atoms with Crippen molar-refractivity contribution in [2.24, 2.45) is 0 Å². The highest BCUT2D eigenvalue weighted by Crippen LogP contribution is 2.34. The third-order valence-corrected chi connectivity index (χ3v) is 6.11. The van der Waals surface area contributed by atoms with Crippen LogP contribution >= 0.6 is 24.0 Å². The van der Waals surface area contributed by atoms with Crippen LogP contribution in [0.3, 0.4) is 0 Å². The molecule has 2 aliphatic rings. The van der Waals surface area contributed by atoms with Crippen LogP contribution in [0.2, 0.25) is 0 Å². The van der Waals surface area contributed by atoms with Crippen molar-refractivity contribution in [3.8, 4) is 0 Å². The van der Waals surface area contributed by atoms with E-state index in [9.17, 15) is 9.59 Å². The molecular weight excluding hydrogens is 396 g/mol. The smallest absolute Gasteiger partial charge is 0.267 e. The van der Waals surface area contributed by atoms with Crippen molar-refractivity contribution in [3.05, 3.63) is 45.2 Å². The molecule has 1 atom stereocenters. The van der Waals surface area contributed by atoms with Gasteiger partial charge in [-0.2, -0.15) is 0 Å². The van der Waals surface area contributed by atoms with Crippen LogP contribution in [0.15, 0.2) is 34.1 Å². The summed E-state index contributed by atoms with van der Waals surface area (Å²) in [5.74, 6) is 0.327. The molecule has 28 heavy (non-hydrogen) atoms.